The van der Waals surface area contributed by atoms with Crippen LogP contribution in [0.1, 0.15) is 27.5 Å². The third kappa shape index (κ3) is 2.43. The summed E-state index contributed by atoms with van der Waals surface area (Å²) < 4.78 is 1.05. The van der Waals surface area contributed by atoms with Crippen molar-refractivity contribution in [2.24, 2.45) is 5.92 Å². The van der Waals surface area contributed by atoms with Gasteiger partial charge in [-0.25, -0.2) is 5.01 Å². The van der Waals surface area contributed by atoms with Crippen molar-refractivity contribution in [2.45, 2.75) is 12.5 Å². The summed E-state index contributed by atoms with van der Waals surface area (Å²) in [6, 6.07) is 17.9. The number of carbonyl (C=O) groups is 1. The number of amides is 1. The molecule has 1 saturated heterocycles. The Bertz CT molecular complexity index is 830. The highest BCUT2D eigenvalue weighted by molar-refractivity contribution is 9.10. The lowest BCUT2D eigenvalue weighted by Gasteiger charge is -2.37. The Balaban J connectivity index is 1.71. The summed E-state index contributed by atoms with van der Waals surface area (Å²) in [6.45, 7) is 1.20. The Morgan fingerprint density at radius 2 is 2.00 bits per heavy atom. The van der Waals surface area contributed by atoms with Crippen molar-refractivity contribution in [3.05, 3.63) is 69.7 Å². The average Bonchev–Trinajstić information content (AvgIpc) is 3.00. The molecule has 2 atom stereocenters. The van der Waals surface area contributed by atoms with Gasteiger partial charge in [0, 0.05) is 16.6 Å². The van der Waals surface area contributed by atoms with Crippen molar-refractivity contribution in [3.8, 4) is 6.07 Å². The summed E-state index contributed by atoms with van der Waals surface area (Å²) in [5.41, 5.74) is 3.09. The molecule has 0 radical (unpaired) electrons. The molecular formula is C19H16BrN3O. The summed E-state index contributed by atoms with van der Waals surface area (Å²) in [5.74, 6) is -0.239. The second-order valence-electron chi connectivity index (χ2n) is 6.19. The molecule has 2 heterocycles. The molecule has 120 valence electrons. The van der Waals surface area contributed by atoms with Gasteiger partial charge >= 0.3 is 0 Å². The van der Waals surface area contributed by atoms with Gasteiger partial charge in [-0.3, -0.25) is 9.80 Å². The molecule has 1 fully saturated rings. The third-order valence-electron chi connectivity index (χ3n) is 4.84. The fourth-order valence-electron chi connectivity index (χ4n) is 3.74. The van der Waals surface area contributed by atoms with Gasteiger partial charge in [0.05, 0.1) is 24.6 Å². The minimum absolute atomic E-state index is 0.0288. The van der Waals surface area contributed by atoms with Gasteiger partial charge in [-0.15, -0.1) is 0 Å². The van der Waals surface area contributed by atoms with Crippen molar-refractivity contribution in [3.63, 3.8) is 0 Å². The van der Waals surface area contributed by atoms with E-state index in [1.54, 1.807) is 5.01 Å². The van der Waals surface area contributed by atoms with Gasteiger partial charge in [0.2, 0.25) is 0 Å². The maximum absolute atomic E-state index is 12.9. The first-order valence-corrected chi connectivity index (χ1v) is 8.80. The van der Waals surface area contributed by atoms with Gasteiger partial charge in [-0.1, -0.05) is 40.2 Å². The Morgan fingerprint density at radius 3 is 2.75 bits per heavy atom. The van der Waals surface area contributed by atoms with Crippen LogP contribution in [0.4, 0.5) is 0 Å². The molecule has 0 unspecified atom stereocenters. The molecule has 1 amide bonds. The highest BCUT2D eigenvalue weighted by atomic mass is 79.9. The highest BCUT2D eigenvalue weighted by Gasteiger charge is 2.45. The lowest BCUT2D eigenvalue weighted by atomic mass is 9.88. The van der Waals surface area contributed by atoms with Crippen molar-refractivity contribution in [2.75, 3.05) is 13.1 Å². The molecule has 2 aliphatic rings. The molecule has 0 aromatic heterocycles. The van der Waals surface area contributed by atoms with E-state index in [9.17, 15) is 10.1 Å². The molecule has 5 heteroatoms. The van der Waals surface area contributed by atoms with Gasteiger partial charge in [-0.2, -0.15) is 5.26 Å². The number of benzene rings is 2. The first-order chi connectivity index (χ1) is 11.7. The lowest BCUT2D eigenvalue weighted by Crippen LogP contribution is -2.45. The topological polar surface area (TPSA) is 47.3 Å². The molecule has 2 aromatic rings. The van der Waals surface area contributed by atoms with E-state index in [0.29, 0.717) is 12.1 Å². The van der Waals surface area contributed by atoms with E-state index < -0.39 is 0 Å². The summed E-state index contributed by atoms with van der Waals surface area (Å²) in [7, 11) is 0. The van der Waals surface area contributed by atoms with Crippen LogP contribution in [-0.4, -0.2) is 29.0 Å². The molecule has 4 nitrogen and oxygen atoms in total. The van der Waals surface area contributed by atoms with Crippen molar-refractivity contribution in [1.29, 1.82) is 5.26 Å². The Morgan fingerprint density at radius 1 is 1.21 bits per heavy atom. The first-order valence-electron chi connectivity index (χ1n) is 8.00. The quantitative estimate of drug-likeness (QED) is 0.758. The van der Waals surface area contributed by atoms with Crippen LogP contribution in [0.3, 0.4) is 0 Å². The number of halogens is 1. The van der Waals surface area contributed by atoms with Gasteiger partial charge in [0.1, 0.15) is 0 Å². The number of nitriles is 1. The second kappa shape index (κ2) is 6.04. The maximum atomic E-state index is 12.9. The molecule has 0 saturated carbocycles. The molecular weight excluding hydrogens is 366 g/mol. The third-order valence-corrected chi connectivity index (χ3v) is 5.33. The predicted octanol–water partition coefficient (Wildman–Crippen LogP) is 3.56. The number of fused-ring (bicyclic) bond motifs is 3. The van der Waals surface area contributed by atoms with Gasteiger partial charge in [-0.05, 0) is 41.8 Å². The second-order valence-corrected chi connectivity index (χ2v) is 7.11. The maximum Gasteiger partial charge on any atom is 0.268 e. The van der Waals surface area contributed by atoms with E-state index in [1.165, 1.54) is 11.1 Å². The molecule has 0 aliphatic carbocycles. The van der Waals surface area contributed by atoms with Crippen LogP contribution >= 0.6 is 15.9 Å². The number of hydrogen-bond donors (Lipinski definition) is 0. The summed E-state index contributed by atoms with van der Waals surface area (Å²) in [4.78, 5) is 12.9. The van der Waals surface area contributed by atoms with Crippen molar-refractivity contribution >= 4 is 21.8 Å². The smallest absolute Gasteiger partial charge is 0.268 e. The van der Waals surface area contributed by atoms with E-state index in [4.69, 9.17) is 0 Å². The fraction of sp³-hybridized carbons (Fsp3) is 0.263. The standard InChI is InChI=1S/C19H16BrN3O/c20-16-6-7-17-14(10-16)8-9-22-18(17)15(11-21)12-23(22)19(24)13-4-2-1-3-5-13/h1-7,10,15,18H,8-9,12H2/t15-,18+/m1/s1. The van der Waals surface area contributed by atoms with E-state index in [2.05, 4.69) is 39.1 Å². The number of nitrogens with zero attached hydrogens (tertiary/aromatic N) is 3. The van der Waals surface area contributed by atoms with Crippen LogP contribution < -0.4 is 0 Å². The Labute approximate surface area is 149 Å². The first kappa shape index (κ1) is 15.4. The van der Waals surface area contributed by atoms with Gasteiger partial charge in [0.25, 0.3) is 5.91 Å². The number of hydrazine groups is 1. The molecule has 0 N–H and O–H groups in total. The van der Waals surface area contributed by atoms with Crippen LogP contribution in [0, 0.1) is 17.2 Å². The average molecular weight is 382 g/mol. The molecule has 2 aliphatic heterocycles. The predicted molar refractivity (Wildman–Crippen MR) is 93.9 cm³/mol. The normalized spacial score (nSPS) is 22.6. The number of hydrogen-bond acceptors (Lipinski definition) is 3. The van der Waals surface area contributed by atoms with E-state index >= 15 is 0 Å². The fourth-order valence-corrected chi connectivity index (χ4v) is 4.15. The zero-order valence-corrected chi connectivity index (χ0v) is 14.6. The van der Waals surface area contributed by atoms with Crippen LogP contribution in [0.2, 0.25) is 0 Å². The van der Waals surface area contributed by atoms with Crippen LogP contribution in [-0.2, 0) is 6.42 Å². The zero-order chi connectivity index (χ0) is 16.7. The van der Waals surface area contributed by atoms with Crippen LogP contribution in [0.15, 0.2) is 53.0 Å². The number of carbonyl (C=O) groups excluding carboxylic acids is 1. The SMILES string of the molecule is N#C[C@@H]1CN(C(=O)c2ccccc2)N2CCc3cc(Br)ccc3[C@H]12. The minimum Gasteiger partial charge on any atom is -0.269 e. The summed E-state index contributed by atoms with van der Waals surface area (Å²) in [5, 5.41) is 13.5. The lowest BCUT2D eigenvalue weighted by molar-refractivity contribution is -0.000476. The molecule has 0 bridgehead atoms. The number of rotatable bonds is 1. The van der Waals surface area contributed by atoms with Crippen LogP contribution in [0.5, 0.6) is 0 Å². The molecule has 2 aromatic carbocycles. The monoisotopic (exact) mass is 381 g/mol. The van der Waals surface area contributed by atoms with Crippen molar-refractivity contribution < 1.29 is 4.79 Å². The molecule has 4 rings (SSSR count). The Hall–Kier alpha value is -2.16. The van der Waals surface area contributed by atoms with E-state index in [0.717, 1.165) is 17.4 Å². The van der Waals surface area contributed by atoms with E-state index in [-0.39, 0.29) is 17.9 Å². The molecule has 24 heavy (non-hydrogen) atoms. The zero-order valence-electron chi connectivity index (χ0n) is 13.0. The Kier molecular flexibility index (Phi) is 3.87. The van der Waals surface area contributed by atoms with Crippen LogP contribution in [0.25, 0.3) is 0 Å². The van der Waals surface area contributed by atoms with Gasteiger partial charge < -0.3 is 0 Å². The molecule has 0 spiro atoms. The summed E-state index contributed by atoms with van der Waals surface area (Å²) >= 11 is 3.52. The van der Waals surface area contributed by atoms with Crippen molar-refractivity contribution in [1.82, 2.24) is 10.0 Å². The minimum atomic E-state index is -0.210. The largest absolute Gasteiger partial charge is 0.269 e. The van der Waals surface area contributed by atoms with Gasteiger partial charge in [0.15, 0.2) is 0 Å². The van der Waals surface area contributed by atoms with E-state index in [1.807, 2.05) is 36.4 Å². The highest BCUT2D eigenvalue weighted by Crippen LogP contribution is 2.42. The summed E-state index contributed by atoms with van der Waals surface area (Å²) in [6.07, 6.45) is 0.877.